The standard InChI is InChI=1S/C38H54Br2N6O4/c1-9-44(10-2)21-31-17-28(39)18-32(42-31)22-45(16-15-27-11-13-30(41)14-12-27)23-33-19-29(40)20-34(43-33)24-46(25-35(47)49-37(3,4)5)26-36(48)50-38(6,7)8/h11-14,17-20H,9-10,15-16,21-26,41H2,1-8H3. The first-order valence-electron chi connectivity index (χ1n) is 17.2. The molecule has 50 heavy (non-hydrogen) atoms. The van der Waals surface area contributed by atoms with Gasteiger partial charge in [-0.25, -0.2) is 0 Å². The van der Waals surface area contributed by atoms with Crippen LogP contribution in [0.1, 0.15) is 83.7 Å². The molecule has 0 aliphatic carbocycles. The summed E-state index contributed by atoms with van der Waals surface area (Å²) in [6.45, 7) is 19.9. The van der Waals surface area contributed by atoms with Gasteiger partial charge in [-0.2, -0.15) is 0 Å². The van der Waals surface area contributed by atoms with E-state index in [1.807, 2.05) is 65.8 Å². The van der Waals surface area contributed by atoms with E-state index in [1.165, 1.54) is 5.56 Å². The summed E-state index contributed by atoms with van der Waals surface area (Å²) in [7, 11) is 0. The van der Waals surface area contributed by atoms with Crippen LogP contribution in [-0.2, 0) is 51.7 Å². The maximum Gasteiger partial charge on any atom is 0.320 e. The van der Waals surface area contributed by atoms with Crippen molar-refractivity contribution in [1.82, 2.24) is 24.7 Å². The zero-order chi connectivity index (χ0) is 37.1. The molecule has 2 N–H and O–H groups in total. The van der Waals surface area contributed by atoms with Gasteiger partial charge in [0.25, 0.3) is 0 Å². The third-order valence-corrected chi connectivity index (χ3v) is 8.39. The van der Waals surface area contributed by atoms with Gasteiger partial charge >= 0.3 is 11.9 Å². The van der Waals surface area contributed by atoms with Crippen molar-refractivity contribution in [2.24, 2.45) is 0 Å². The number of nitrogen functional groups attached to an aromatic ring is 1. The lowest BCUT2D eigenvalue weighted by Crippen LogP contribution is -2.39. The summed E-state index contributed by atoms with van der Waals surface area (Å²) >= 11 is 7.40. The van der Waals surface area contributed by atoms with E-state index in [9.17, 15) is 9.59 Å². The van der Waals surface area contributed by atoms with Crippen molar-refractivity contribution in [2.75, 3.05) is 38.5 Å². The second-order valence-electron chi connectivity index (χ2n) is 14.5. The fourth-order valence-electron chi connectivity index (χ4n) is 5.37. The molecule has 0 fully saturated rings. The zero-order valence-corrected chi connectivity index (χ0v) is 34.1. The number of halogens is 2. The predicted molar refractivity (Wildman–Crippen MR) is 206 cm³/mol. The molecule has 2 heterocycles. The highest BCUT2D eigenvalue weighted by molar-refractivity contribution is 9.10. The molecule has 0 saturated carbocycles. The van der Waals surface area contributed by atoms with Crippen LogP contribution in [0, 0.1) is 0 Å². The maximum absolute atomic E-state index is 12.9. The van der Waals surface area contributed by atoms with E-state index in [1.54, 1.807) is 4.90 Å². The largest absolute Gasteiger partial charge is 0.459 e. The Kier molecular flexibility index (Phi) is 15.8. The first-order chi connectivity index (χ1) is 23.4. The summed E-state index contributed by atoms with van der Waals surface area (Å²) in [5.74, 6) is -0.848. The first kappa shape index (κ1) is 41.5. The van der Waals surface area contributed by atoms with Crippen molar-refractivity contribution in [3.8, 4) is 0 Å². The number of anilines is 1. The Morgan fingerprint density at radius 3 is 1.42 bits per heavy atom. The number of nitrogens with zero attached hydrogens (tertiary/aromatic N) is 5. The number of benzene rings is 1. The minimum atomic E-state index is -0.652. The molecule has 0 saturated heterocycles. The molecule has 1 aromatic carbocycles. The van der Waals surface area contributed by atoms with Gasteiger partial charge in [-0.1, -0.05) is 57.8 Å². The van der Waals surface area contributed by atoms with Crippen LogP contribution >= 0.6 is 31.9 Å². The van der Waals surface area contributed by atoms with Gasteiger partial charge in [0.15, 0.2) is 0 Å². The maximum atomic E-state index is 12.9. The molecule has 12 heteroatoms. The van der Waals surface area contributed by atoms with Crippen LogP contribution < -0.4 is 5.73 Å². The number of rotatable bonds is 17. The van der Waals surface area contributed by atoms with Crippen LogP contribution in [0.2, 0.25) is 0 Å². The fraction of sp³-hybridized carbons (Fsp3) is 0.526. The Morgan fingerprint density at radius 1 is 0.660 bits per heavy atom. The van der Waals surface area contributed by atoms with Gasteiger partial charge in [-0.15, -0.1) is 0 Å². The van der Waals surface area contributed by atoms with Gasteiger partial charge in [0.05, 0.1) is 35.9 Å². The second-order valence-corrected chi connectivity index (χ2v) is 16.3. The molecule has 0 aliphatic rings. The average Bonchev–Trinajstić information content (AvgIpc) is 2.97. The van der Waals surface area contributed by atoms with E-state index in [0.29, 0.717) is 18.8 Å². The fourth-order valence-corrected chi connectivity index (χ4v) is 6.43. The van der Waals surface area contributed by atoms with Crippen LogP contribution in [0.5, 0.6) is 0 Å². The first-order valence-corrected chi connectivity index (χ1v) is 18.7. The van der Waals surface area contributed by atoms with E-state index in [0.717, 1.165) is 64.3 Å². The van der Waals surface area contributed by atoms with Crippen LogP contribution in [0.3, 0.4) is 0 Å². The number of hydrogen-bond donors (Lipinski definition) is 1. The van der Waals surface area contributed by atoms with Gasteiger partial charge < -0.3 is 15.2 Å². The zero-order valence-electron chi connectivity index (χ0n) is 30.9. The molecular formula is C38H54Br2N6O4. The van der Waals surface area contributed by atoms with Gasteiger partial charge in [-0.3, -0.25) is 34.3 Å². The highest BCUT2D eigenvalue weighted by Crippen LogP contribution is 2.21. The van der Waals surface area contributed by atoms with Gasteiger partial charge in [-0.05, 0) is 103 Å². The van der Waals surface area contributed by atoms with Crippen molar-refractivity contribution in [1.29, 1.82) is 0 Å². The molecule has 0 amide bonds. The monoisotopic (exact) mass is 816 g/mol. The van der Waals surface area contributed by atoms with Gasteiger partial charge in [0, 0.05) is 47.4 Å². The number of aromatic nitrogens is 2. The van der Waals surface area contributed by atoms with Crippen LogP contribution in [-0.4, -0.2) is 80.5 Å². The lowest BCUT2D eigenvalue weighted by Gasteiger charge is -2.26. The highest BCUT2D eigenvalue weighted by Gasteiger charge is 2.24. The molecule has 0 unspecified atom stereocenters. The minimum Gasteiger partial charge on any atom is -0.459 e. The van der Waals surface area contributed by atoms with E-state index in [2.05, 4.69) is 79.8 Å². The molecule has 2 aromatic heterocycles. The van der Waals surface area contributed by atoms with Crippen molar-refractivity contribution in [3.63, 3.8) is 0 Å². The third-order valence-electron chi connectivity index (χ3n) is 7.47. The molecular weight excluding hydrogens is 764 g/mol. The number of pyridine rings is 2. The normalized spacial score (nSPS) is 12.2. The number of esters is 2. The quantitative estimate of drug-likeness (QED) is 0.111. The minimum absolute atomic E-state index is 0.0852. The number of carbonyl (C=O) groups excluding carboxylic acids is 2. The lowest BCUT2D eigenvalue weighted by atomic mass is 10.1. The van der Waals surface area contributed by atoms with E-state index >= 15 is 0 Å². The predicted octanol–water partition coefficient (Wildman–Crippen LogP) is 7.16. The molecule has 0 bridgehead atoms. The Balaban J connectivity index is 1.88. The number of nitrogens with two attached hydrogens (primary N) is 1. The van der Waals surface area contributed by atoms with Crippen LogP contribution in [0.4, 0.5) is 5.69 Å². The molecule has 0 aliphatic heterocycles. The van der Waals surface area contributed by atoms with Crippen molar-refractivity contribution in [2.45, 2.75) is 99.2 Å². The Morgan fingerprint density at radius 2 is 1.04 bits per heavy atom. The molecule has 3 aromatic rings. The van der Waals surface area contributed by atoms with Crippen molar-refractivity contribution >= 4 is 49.5 Å². The van der Waals surface area contributed by atoms with Crippen molar-refractivity contribution in [3.05, 3.63) is 85.8 Å². The smallest absolute Gasteiger partial charge is 0.320 e. The summed E-state index contributed by atoms with van der Waals surface area (Å²) in [5, 5.41) is 0. The molecule has 274 valence electrons. The number of ether oxygens (including phenoxy) is 2. The van der Waals surface area contributed by atoms with Crippen LogP contribution in [0.15, 0.2) is 57.5 Å². The summed E-state index contributed by atoms with van der Waals surface area (Å²) in [4.78, 5) is 42.2. The molecule has 10 nitrogen and oxygen atoms in total. The summed E-state index contributed by atoms with van der Waals surface area (Å²) < 4.78 is 13.0. The summed E-state index contributed by atoms with van der Waals surface area (Å²) in [6, 6.07) is 16.1. The Labute approximate surface area is 315 Å². The van der Waals surface area contributed by atoms with E-state index in [4.69, 9.17) is 25.2 Å². The van der Waals surface area contributed by atoms with Crippen LogP contribution in [0.25, 0.3) is 0 Å². The number of carbonyl (C=O) groups is 2. The average molecular weight is 819 g/mol. The second kappa shape index (κ2) is 19.1. The molecule has 3 rings (SSSR count). The Bertz CT molecular complexity index is 1520. The topological polar surface area (TPSA) is 114 Å². The molecule has 0 spiro atoms. The van der Waals surface area contributed by atoms with Crippen molar-refractivity contribution < 1.29 is 19.1 Å². The summed E-state index contributed by atoms with van der Waals surface area (Å²) in [5.41, 5.74) is 10.1. The SMILES string of the molecule is CCN(CC)Cc1cc(Br)cc(CN(CCc2ccc(N)cc2)Cc2cc(Br)cc(CN(CC(=O)OC(C)(C)C)CC(=O)OC(C)(C)C)n2)n1. The molecule has 0 radical (unpaired) electrons. The Hall–Kier alpha value is -2.90. The van der Waals surface area contributed by atoms with E-state index < -0.39 is 23.1 Å². The highest BCUT2D eigenvalue weighted by atomic mass is 79.9. The molecule has 0 atom stereocenters. The third kappa shape index (κ3) is 16.0. The van der Waals surface area contributed by atoms with E-state index in [-0.39, 0.29) is 19.6 Å². The lowest BCUT2D eigenvalue weighted by molar-refractivity contribution is -0.160. The van der Waals surface area contributed by atoms with Gasteiger partial charge in [0.1, 0.15) is 11.2 Å². The number of hydrogen-bond acceptors (Lipinski definition) is 10. The summed E-state index contributed by atoms with van der Waals surface area (Å²) in [6.07, 6.45) is 0.820. The van der Waals surface area contributed by atoms with Gasteiger partial charge in [0.2, 0.25) is 0 Å².